The van der Waals surface area contributed by atoms with Crippen molar-refractivity contribution in [3.05, 3.63) is 132 Å². The number of hydrogen-bond donors (Lipinski definition) is 0. The van der Waals surface area contributed by atoms with Gasteiger partial charge in [-0.25, -0.2) is 28.0 Å². The van der Waals surface area contributed by atoms with Gasteiger partial charge in [0.1, 0.15) is 34.6 Å². The number of ether oxygens (including phenoxy) is 6. The molecule has 0 atom stereocenters. The Labute approximate surface area is 291 Å². The molecule has 10 nitrogen and oxygen atoms in total. The number of carbonyl (C=O) groups is 4. The average molecular weight is 699 g/mol. The topological polar surface area (TPSA) is 124 Å². The van der Waals surface area contributed by atoms with Gasteiger partial charge in [0, 0.05) is 29.7 Å². The van der Waals surface area contributed by atoms with Crippen LogP contribution in [-0.4, -0.2) is 37.5 Å². The quantitative estimate of drug-likeness (QED) is 0.0562. The van der Waals surface area contributed by atoms with Gasteiger partial charge in [-0.15, -0.1) is 0 Å². The predicted molar refractivity (Wildman–Crippen MR) is 180 cm³/mol. The van der Waals surface area contributed by atoms with Crippen molar-refractivity contribution >= 4 is 23.9 Å². The summed E-state index contributed by atoms with van der Waals surface area (Å²) in [5, 5.41) is 0. The summed E-state index contributed by atoms with van der Waals surface area (Å²) in [6, 6.07) is 17.4. The van der Waals surface area contributed by atoms with Crippen LogP contribution in [0.5, 0.6) is 23.0 Å². The zero-order valence-electron chi connectivity index (χ0n) is 27.7. The maximum Gasteiger partial charge on any atom is 0.346 e. The molecule has 4 aromatic carbocycles. The molecule has 0 aliphatic heterocycles. The first kappa shape index (κ1) is 36.0. The first-order valence-corrected chi connectivity index (χ1v) is 15.7. The Morgan fingerprint density at radius 1 is 0.608 bits per heavy atom. The molecule has 12 heteroatoms. The molecule has 1 aliphatic carbocycles. The number of benzene rings is 4. The summed E-state index contributed by atoms with van der Waals surface area (Å²) in [6.45, 7) is 9.62. The standard InChI is InChI=1S/C39H32F2O10/c1-5-35(42)48-21-46-23-9-15-29(33(40)19-23)37(44)50-25-11-13-27-28-14-12-26(18-32(28)39(7-3,8-4)31(27)17-25)51-38(45)30-16-10-24(20-34(30)41)47-22-49-36(43)6-2/h5-6,9-20H,1-2,7-8,21-22H2,3-4H3. The van der Waals surface area contributed by atoms with Crippen LogP contribution >= 0.6 is 0 Å². The highest BCUT2D eigenvalue weighted by molar-refractivity contribution is 5.93. The van der Waals surface area contributed by atoms with E-state index in [-0.39, 0.29) is 34.1 Å². The van der Waals surface area contributed by atoms with Crippen LogP contribution in [0.4, 0.5) is 8.78 Å². The number of fused-ring (bicyclic) bond motifs is 3. The van der Waals surface area contributed by atoms with Crippen molar-refractivity contribution in [1.29, 1.82) is 0 Å². The molecule has 51 heavy (non-hydrogen) atoms. The molecule has 262 valence electrons. The van der Waals surface area contributed by atoms with Crippen LogP contribution in [0.3, 0.4) is 0 Å². The Kier molecular flexibility index (Phi) is 10.9. The number of hydrogen-bond acceptors (Lipinski definition) is 10. The van der Waals surface area contributed by atoms with Crippen LogP contribution in [0.1, 0.15) is 58.5 Å². The van der Waals surface area contributed by atoms with Gasteiger partial charge < -0.3 is 28.4 Å². The van der Waals surface area contributed by atoms with E-state index >= 15 is 0 Å². The molecule has 0 saturated heterocycles. The highest BCUT2D eigenvalue weighted by Crippen LogP contribution is 2.54. The monoisotopic (exact) mass is 698 g/mol. The zero-order chi connectivity index (χ0) is 36.7. The Morgan fingerprint density at radius 3 is 1.35 bits per heavy atom. The minimum Gasteiger partial charge on any atom is -0.457 e. The van der Waals surface area contributed by atoms with E-state index in [0.29, 0.717) is 12.8 Å². The predicted octanol–water partition coefficient (Wildman–Crippen LogP) is 7.62. The smallest absolute Gasteiger partial charge is 0.346 e. The second-order valence-electron chi connectivity index (χ2n) is 11.1. The van der Waals surface area contributed by atoms with Crippen molar-refractivity contribution in [2.45, 2.75) is 32.1 Å². The van der Waals surface area contributed by atoms with E-state index in [4.69, 9.17) is 28.4 Å². The summed E-state index contributed by atoms with van der Waals surface area (Å²) in [6.07, 6.45) is 3.18. The van der Waals surface area contributed by atoms with Crippen LogP contribution in [0.25, 0.3) is 11.1 Å². The van der Waals surface area contributed by atoms with E-state index in [1.807, 2.05) is 26.0 Å². The van der Waals surface area contributed by atoms with Crippen molar-refractivity contribution in [1.82, 2.24) is 0 Å². The van der Waals surface area contributed by atoms with E-state index in [0.717, 1.165) is 46.5 Å². The van der Waals surface area contributed by atoms with Gasteiger partial charge >= 0.3 is 23.9 Å². The lowest BCUT2D eigenvalue weighted by Crippen LogP contribution is -2.23. The number of carbonyl (C=O) groups excluding carboxylic acids is 4. The molecule has 0 fully saturated rings. The van der Waals surface area contributed by atoms with Crippen LogP contribution in [0, 0.1) is 11.6 Å². The lowest BCUT2D eigenvalue weighted by Gasteiger charge is -2.30. The van der Waals surface area contributed by atoms with Gasteiger partial charge in [-0.2, -0.15) is 0 Å². The van der Waals surface area contributed by atoms with E-state index < -0.39 is 54.5 Å². The second kappa shape index (κ2) is 15.5. The summed E-state index contributed by atoms with van der Waals surface area (Å²) >= 11 is 0. The minimum atomic E-state index is -0.927. The van der Waals surface area contributed by atoms with E-state index in [1.165, 1.54) is 24.3 Å². The lowest BCUT2D eigenvalue weighted by atomic mass is 9.74. The molecule has 0 unspecified atom stereocenters. The van der Waals surface area contributed by atoms with Crippen LogP contribution in [0.15, 0.2) is 98.1 Å². The molecule has 4 aromatic rings. The number of rotatable bonds is 14. The Morgan fingerprint density at radius 2 is 1.00 bits per heavy atom. The molecule has 0 aromatic heterocycles. The molecule has 0 heterocycles. The maximum atomic E-state index is 14.9. The maximum absolute atomic E-state index is 14.9. The minimum absolute atomic E-state index is 0.0373. The fourth-order valence-corrected chi connectivity index (χ4v) is 5.85. The third-order valence-electron chi connectivity index (χ3n) is 8.44. The van der Waals surface area contributed by atoms with Crippen LogP contribution in [-0.2, 0) is 24.5 Å². The zero-order valence-corrected chi connectivity index (χ0v) is 27.7. The molecule has 0 bridgehead atoms. The van der Waals surface area contributed by atoms with Crippen molar-refractivity contribution < 1.29 is 56.4 Å². The summed E-state index contributed by atoms with van der Waals surface area (Å²) in [5.74, 6) is -4.59. The molecular formula is C39H32F2O10. The van der Waals surface area contributed by atoms with Gasteiger partial charge in [0.05, 0.1) is 11.1 Å². The van der Waals surface area contributed by atoms with Crippen molar-refractivity contribution in [2.24, 2.45) is 0 Å². The first-order chi connectivity index (χ1) is 24.5. The number of esters is 4. The SMILES string of the molecule is C=CC(=O)OCOc1ccc(C(=O)Oc2ccc3c(c2)C(CC)(CC)c2cc(OC(=O)c4ccc(OCOC(=O)C=C)cc4F)ccc2-3)c(F)c1. The van der Waals surface area contributed by atoms with Gasteiger partial charge in [0.15, 0.2) is 0 Å². The van der Waals surface area contributed by atoms with Gasteiger partial charge in [-0.1, -0.05) is 39.1 Å². The highest BCUT2D eigenvalue weighted by Gasteiger charge is 2.41. The second-order valence-corrected chi connectivity index (χ2v) is 11.1. The summed E-state index contributed by atoms with van der Waals surface area (Å²) in [4.78, 5) is 48.3. The Hall–Kier alpha value is -6.30. The molecule has 0 amide bonds. The fraction of sp³-hybridized carbons (Fsp3) is 0.179. The summed E-state index contributed by atoms with van der Waals surface area (Å²) in [5.41, 5.74) is 2.29. The molecule has 1 aliphatic rings. The van der Waals surface area contributed by atoms with Crippen molar-refractivity contribution in [3.8, 4) is 34.1 Å². The van der Waals surface area contributed by atoms with Gasteiger partial charge in [-0.3, -0.25) is 0 Å². The molecular weight excluding hydrogens is 666 g/mol. The summed E-state index contributed by atoms with van der Waals surface area (Å²) < 4.78 is 60.7. The molecule has 0 radical (unpaired) electrons. The normalized spacial score (nSPS) is 12.1. The molecule has 0 spiro atoms. The van der Waals surface area contributed by atoms with Gasteiger partial charge in [0.2, 0.25) is 13.6 Å². The third-order valence-corrected chi connectivity index (χ3v) is 8.44. The van der Waals surface area contributed by atoms with Crippen LogP contribution < -0.4 is 18.9 Å². The summed E-state index contributed by atoms with van der Waals surface area (Å²) in [7, 11) is 0. The molecule has 5 rings (SSSR count). The van der Waals surface area contributed by atoms with Crippen LogP contribution in [0.2, 0.25) is 0 Å². The van der Waals surface area contributed by atoms with Crippen molar-refractivity contribution in [3.63, 3.8) is 0 Å². The van der Waals surface area contributed by atoms with Gasteiger partial charge in [-0.05, 0) is 83.6 Å². The third kappa shape index (κ3) is 7.64. The Bertz CT molecular complexity index is 1890. The highest BCUT2D eigenvalue weighted by atomic mass is 19.1. The largest absolute Gasteiger partial charge is 0.457 e. The number of halogens is 2. The van der Waals surface area contributed by atoms with E-state index in [1.54, 1.807) is 24.3 Å². The van der Waals surface area contributed by atoms with E-state index in [9.17, 15) is 28.0 Å². The molecule has 0 N–H and O–H groups in total. The first-order valence-electron chi connectivity index (χ1n) is 15.7. The lowest BCUT2D eigenvalue weighted by molar-refractivity contribution is -0.145. The molecule has 0 saturated carbocycles. The fourth-order valence-electron chi connectivity index (χ4n) is 5.85. The Balaban J connectivity index is 1.31. The van der Waals surface area contributed by atoms with Crippen molar-refractivity contribution in [2.75, 3.05) is 13.6 Å². The van der Waals surface area contributed by atoms with Gasteiger partial charge in [0.25, 0.3) is 0 Å². The average Bonchev–Trinajstić information content (AvgIpc) is 3.39. The van der Waals surface area contributed by atoms with E-state index in [2.05, 4.69) is 13.2 Å².